The lowest BCUT2D eigenvalue weighted by Crippen LogP contribution is -2.37. The maximum absolute atomic E-state index is 11.4. The first-order valence-electron chi connectivity index (χ1n) is 7.99. The molecule has 1 heterocycles. The number of likely N-dealkylation sites (tertiary alicyclic amines) is 1. The largest absolute Gasteiger partial charge is 0.381 e. The molecule has 1 rings (SSSR count). The van der Waals surface area contributed by atoms with Crippen molar-refractivity contribution in [3.05, 3.63) is 0 Å². The maximum atomic E-state index is 11.4. The molecule has 1 saturated heterocycles. The van der Waals surface area contributed by atoms with E-state index in [4.69, 9.17) is 9.47 Å². The Labute approximate surface area is 123 Å². The van der Waals surface area contributed by atoms with E-state index in [-0.39, 0.29) is 5.92 Å². The highest BCUT2D eigenvalue weighted by Gasteiger charge is 2.17. The van der Waals surface area contributed by atoms with Crippen molar-refractivity contribution < 1.29 is 14.3 Å². The van der Waals surface area contributed by atoms with E-state index in [2.05, 4.69) is 4.90 Å². The average molecular weight is 285 g/mol. The van der Waals surface area contributed by atoms with E-state index in [0.29, 0.717) is 24.9 Å². The molecule has 0 aromatic rings. The zero-order chi connectivity index (χ0) is 14.8. The van der Waals surface area contributed by atoms with E-state index in [1.165, 1.54) is 6.42 Å². The monoisotopic (exact) mass is 285 g/mol. The van der Waals surface area contributed by atoms with E-state index in [1.54, 1.807) is 0 Å². The molecule has 0 atom stereocenters. The van der Waals surface area contributed by atoms with Gasteiger partial charge in [0.25, 0.3) is 0 Å². The molecule has 0 aliphatic carbocycles. The summed E-state index contributed by atoms with van der Waals surface area (Å²) in [7, 11) is 1.81. The van der Waals surface area contributed by atoms with Crippen LogP contribution in [0.3, 0.4) is 0 Å². The van der Waals surface area contributed by atoms with Gasteiger partial charge in [-0.25, -0.2) is 0 Å². The topological polar surface area (TPSA) is 38.8 Å². The molecule has 1 fully saturated rings. The van der Waals surface area contributed by atoms with Gasteiger partial charge in [-0.05, 0) is 32.2 Å². The summed E-state index contributed by atoms with van der Waals surface area (Å²) < 4.78 is 10.9. The number of rotatable bonds is 10. The minimum Gasteiger partial charge on any atom is -0.381 e. The predicted molar refractivity (Wildman–Crippen MR) is 81.0 cm³/mol. The molecule has 0 radical (unpaired) electrons. The molecule has 4 nitrogen and oxygen atoms in total. The smallest absolute Gasteiger partial charge is 0.137 e. The Morgan fingerprint density at radius 2 is 1.90 bits per heavy atom. The highest BCUT2D eigenvalue weighted by Crippen LogP contribution is 2.13. The minimum atomic E-state index is 0.133. The number of ether oxygens (including phenoxy) is 2. The molecular weight excluding hydrogens is 254 g/mol. The highest BCUT2D eigenvalue weighted by atomic mass is 16.5. The van der Waals surface area contributed by atoms with Crippen LogP contribution < -0.4 is 0 Å². The molecule has 0 spiro atoms. The van der Waals surface area contributed by atoms with Crippen molar-refractivity contribution in [2.24, 2.45) is 5.92 Å². The van der Waals surface area contributed by atoms with Gasteiger partial charge in [-0.15, -0.1) is 0 Å². The van der Waals surface area contributed by atoms with Crippen LogP contribution in [0.25, 0.3) is 0 Å². The second kappa shape index (κ2) is 10.3. The van der Waals surface area contributed by atoms with E-state index in [9.17, 15) is 4.79 Å². The number of carbonyl (C=O) groups is 1. The van der Waals surface area contributed by atoms with Gasteiger partial charge in [0.15, 0.2) is 0 Å². The third kappa shape index (κ3) is 7.36. The quantitative estimate of drug-likeness (QED) is 0.578. The van der Waals surface area contributed by atoms with Gasteiger partial charge >= 0.3 is 0 Å². The summed E-state index contributed by atoms with van der Waals surface area (Å²) in [5.74, 6) is 0.430. The first kappa shape index (κ1) is 17.6. The highest BCUT2D eigenvalue weighted by molar-refractivity contribution is 5.80. The fourth-order valence-corrected chi connectivity index (χ4v) is 2.47. The van der Waals surface area contributed by atoms with Crippen molar-refractivity contribution in [3.63, 3.8) is 0 Å². The van der Waals surface area contributed by atoms with Crippen LogP contribution in [-0.4, -0.2) is 56.7 Å². The fraction of sp³-hybridized carbons (Fsp3) is 0.938. The number of methoxy groups -OCH3 is 1. The molecular formula is C16H31NO3. The lowest BCUT2D eigenvalue weighted by atomic mass is 10.1. The molecule has 118 valence electrons. The van der Waals surface area contributed by atoms with Crippen molar-refractivity contribution in [2.45, 2.75) is 52.1 Å². The number of hydrogen-bond donors (Lipinski definition) is 0. The van der Waals surface area contributed by atoms with Gasteiger partial charge in [0, 0.05) is 39.1 Å². The molecule has 0 aromatic carbocycles. The standard InChI is InChI=1S/C16H31NO3/c1-14(2)16(18)8-13-20-12-5-4-9-17-10-6-15(19-3)7-11-17/h14-15H,4-13H2,1-3H3. The van der Waals surface area contributed by atoms with Crippen LogP contribution in [0.5, 0.6) is 0 Å². The van der Waals surface area contributed by atoms with Gasteiger partial charge in [-0.2, -0.15) is 0 Å². The van der Waals surface area contributed by atoms with Crippen LogP contribution >= 0.6 is 0 Å². The molecule has 0 N–H and O–H groups in total. The number of carbonyl (C=O) groups excluding carboxylic acids is 1. The molecule has 0 unspecified atom stereocenters. The summed E-state index contributed by atoms with van der Waals surface area (Å²) in [5.41, 5.74) is 0. The third-order valence-corrected chi connectivity index (χ3v) is 4.02. The van der Waals surface area contributed by atoms with Crippen LogP contribution in [-0.2, 0) is 14.3 Å². The SMILES string of the molecule is COC1CCN(CCCCOCCC(=O)C(C)C)CC1. The fourth-order valence-electron chi connectivity index (χ4n) is 2.47. The van der Waals surface area contributed by atoms with Crippen LogP contribution in [0.15, 0.2) is 0 Å². The zero-order valence-electron chi connectivity index (χ0n) is 13.4. The van der Waals surface area contributed by atoms with E-state index >= 15 is 0 Å². The van der Waals surface area contributed by atoms with Crippen molar-refractivity contribution in [1.29, 1.82) is 0 Å². The summed E-state index contributed by atoms with van der Waals surface area (Å²) in [6, 6.07) is 0. The van der Waals surface area contributed by atoms with Crippen LogP contribution in [0.4, 0.5) is 0 Å². The van der Waals surface area contributed by atoms with Gasteiger partial charge in [-0.1, -0.05) is 13.8 Å². The van der Waals surface area contributed by atoms with Gasteiger partial charge in [0.1, 0.15) is 5.78 Å². The van der Waals surface area contributed by atoms with Gasteiger partial charge in [0.2, 0.25) is 0 Å². The Morgan fingerprint density at radius 3 is 2.50 bits per heavy atom. The van der Waals surface area contributed by atoms with Crippen molar-refractivity contribution in [1.82, 2.24) is 4.90 Å². The Balaban J connectivity index is 1.89. The Kier molecular flexibility index (Phi) is 9.07. The maximum Gasteiger partial charge on any atom is 0.137 e. The number of piperidine rings is 1. The van der Waals surface area contributed by atoms with Crippen molar-refractivity contribution in [2.75, 3.05) is 40.0 Å². The molecule has 0 saturated carbocycles. The predicted octanol–water partition coefficient (Wildman–Crippen LogP) is 2.51. The molecule has 0 amide bonds. The van der Waals surface area contributed by atoms with Gasteiger partial charge < -0.3 is 14.4 Å². The Hall–Kier alpha value is -0.450. The molecule has 0 aromatic heterocycles. The van der Waals surface area contributed by atoms with Gasteiger partial charge in [-0.3, -0.25) is 4.79 Å². The molecule has 4 heteroatoms. The number of hydrogen-bond acceptors (Lipinski definition) is 4. The molecule has 1 aliphatic rings. The van der Waals surface area contributed by atoms with Crippen LogP contribution in [0, 0.1) is 5.92 Å². The summed E-state index contributed by atoms with van der Waals surface area (Å²) in [6.07, 6.45) is 5.60. The number of Topliss-reactive ketones (excluding diaryl/α,β-unsaturated/α-hetero) is 1. The number of unbranched alkanes of at least 4 members (excludes halogenated alkanes) is 1. The van der Waals surface area contributed by atoms with Crippen molar-refractivity contribution >= 4 is 5.78 Å². The first-order valence-corrected chi connectivity index (χ1v) is 7.99. The van der Waals surface area contributed by atoms with E-state index < -0.39 is 0 Å². The Morgan fingerprint density at radius 1 is 1.20 bits per heavy atom. The van der Waals surface area contributed by atoms with E-state index in [1.807, 2.05) is 21.0 Å². The third-order valence-electron chi connectivity index (χ3n) is 4.02. The second-order valence-electron chi connectivity index (χ2n) is 5.97. The summed E-state index contributed by atoms with van der Waals surface area (Å²) in [6.45, 7) is 8.70. The number of nitrogens with zero attached hydrogens (tertiary/aromatic N) is 1. The lowest BCUT2D eigenvalue weighted by Gasteiger charge is -2.31. The minimum absolute atomic E-state index is 0.133. The summed E-state index contributed by atoms with van der Waals surface area (Å²) in [5, 5.41) is 0. The van der Waals surface area contributed by atoms with Crippen LogP contribution in [0.1, 0.15) is 46.0 Å². The lowest BCUT2D eigenvalue weighted by molar-refractivity contribution is -0.122. The van der Waals surface area contributed by atoms with Crippen molar-refractivity contribution in [3.8, 4) is 0 Å². The molecule has 0 bridgehead atoms. The van der Waals surface area contributed by atoms with E-state index in [0.717, 1.165) is 45.5 Å². The normalized spacial score (nSPS) is 17.8. The number of ketones is 1. The first-order chi connectivity index (χ1) is 9.63. The van der Waals surface area contributed by atoms with Crippen LogP contribution in [0.2, 0.25) is 0 Å². The zero-order valence-corrected chi connectivity index (χ0v) is 13.4. The molecule has 1 aliphatic heterocycles. The second-order valence-corrected chi connectivity index (χ2v) is 5.97. The average Bonchev–Trinajstić information content (AvgIpc) is 2.46. The Bertz CT molecular complexity index is 260. The molecule has 20 heavy (non-hydrogen) atoms. The van der Waals surface area contributed by atoms with Gasteiger partial charge in [0.05, 0.1) is 12.7 Å². The summed E-state index contributed by atoms with van der Waals surface area (Å²) in [4.78, 5) is 13.9. The summed E-state index contributed by atoms with van der Waals surface area (Å²) >= 11 is 0.